The molecular formula is C25H22ClN3O2S. The van der Waals surface area contributed by atoms with E-state index in [0.717, 1.165) is 35.4 Å². The van der Waals surface area contributed by atoms with Crippen molar-refractivity contribution in [1.82, 2.24) is 4.57 Å². The molecule has 0 amide bonds. The van der Waals surface area contributed by atoms with E-state index in [4.69, 9.17) is 16.6 Å². The van der Waals surface area contributed by atoms with Crippen LogP contribution in [0.1, 0.15) is 36.4 Å². The molecule has 1 unspecified atom stereocenters. The minimum absolute atomic E-state index is 0.0727. The van der Waals surface area contributed by atoms with Gasteiger partial charge in [-0.25, -0.2) is 4.99 Å². The maximum absolute atomic E-state index is 13.5. The topological polar surface area (TPSA) is 54.7 Å². The van der Waals surface area contributed by atoms with E-state index in [-0.39, 0.29) is 11.3 Å². The number of Topliss-reactive ketones (excluding diaryl/α,β-unsaturated/α-hetero) is 1. The van der Waals surface area contributed by atoms with Crippen LogP contribution in [0, 0.1) is 0 Å². The monoisotopic (exact) mass is 463 g/mol. The molecule has 2 aliphatic rings. The summed E-state index contributed by atoms with van der Waals surface area (Å²) in [5.74, 6) is 0.0727. The van der Waals surface area contributed by atoms with E-state index in [1.54, 1.807) is 16.7 Å². The first-order valence-electron chi connectivity index (χ1n) is 10.5. The minimum atomic E-state index is -0.468. The van der Waals surface area contributed by atoms with E-state index in [9.17, 15) is 9.59 Å². The van der Waals surface area contributed by atoms with Crippen molar-refractivity contribution in [2.75, 3.05) is 19.0 Å². The quantitative estimate of drug-likeness (QED) is 0.595. The molecule has 32 heavy (non-hydrogen) atoms. The molecule has 0 N–H and O–H groups in total. The van der Waals surface area contributed by atoms with Crippen molar-refractivity contribution in [1.29, 1.82) is 0 Å². The number of hydrogen-bond donors (Lipinski definition) is 0. The van der Waals surface area contributed by atoms with E-state index >= 15 is 0 Å². The fraction of sp³-hybridized carbons (Fsp3) is 0.240. The van der Waals surface area contributed by atoms with Gasteiger partial charge in [-0.2, -0.15) is 0 Å². The van der Waals surface area contributed by atoms with Crippen molar-refractivity contribution in [3.63, 3.8) is 0 Å². The molecule has 162 valence electrons. The first-order chi connectivity index (χ1) is 15.4. The number of fused-ring (bicyclic) bond motifs is 1. The SMILES string of the molecule is CN(C)c1ccc(C=c2sc3n(c2=O)C(c2ccc(Cl)cc2)C2=C(CCCC2=O)N=3)cc1. The lowest BCUT2D eigenvalue weighted by Gasteiger charge is -2.28. The normalized spacial score (nSPS) is 18.3. The van der Waals surface area contributed by atoms with Gasteiger partial charge in [0.25, 0.3) is 5.56 Å². The third kappa shape index (κ3) is 3.63. The average molecular weight is 464 g/mol. The molecule has 1 aliphatic carbocycles. The van der Waals surface area contributed by atoms with Crippen molar-refractivity contribution in [2.24, 2.45) is 4.99 Å². The van der Waals surface area contributed by atoms with Gasteiger partial charge in [-0.05, 0) is 54.3 Å². The highest BCUT2D eigenvalue weighted by molar-refractivity contribution is 7.07. The highest BCUT2D eigenvalue weighted by atomic mass is 35.5. The molecule has 0 saturated carbocycles. The van der Waals surface area contributed by atoms with Gasteiger partial charge in [-0.15, -0.1) is 0 Å². The number of carbonyl (C=O) groups is 1. The molecule has 2 aromatic carbocycles. The second kappa shape index (κ2) is 8.19. The smallest absolute Gasteiger partial charge is 0.271 e. The van der Waals surface area contributed by atoms with E-state index in [2.05, 4.69) is 0 Å². The Morgan fingerprint density at radius 2 is 1.78 bits per heavy atom. The number of anilines is 1. The fourth-order valence-electron chi connectivity index (χ4n) is 4.29. The largest absolute Gasteiger partial charge is 0.378 e. The molecule has 0 fully saturated rings. The number of halogens is 1. The van der Waals surface area contributed by atoms with Crippen molar-refractivity contribution in [3.8, 4) is 0 Å². The molecule has 0 radical (unpaired) electrons. The van der Waals surface area contributed by atoms with E-state index in [1.165, 1.54) is 11.3 Å². The zero-order chi connectivity index (χ0) is 22.4. The van der Waals surface area contributed by atoms with Gasteiger partial charge in [0, 0.05) is 36.8 Å². The molecule has 1 atom stereocenters. The van der Waals surface area contributed by atoms with Crippen LogP contribution in [0.3, 0.4) is 0 Å². The number of carbonyl (C=O) groups excluding carboxylic acids is 1. The standard InChI is InChI=1S/C25H22ClN3O2S/c1-28(2)18-12-6-15(7-13-18)14-21-24(31)29-23(16-8-10-17(26)11-9-16)22-19(27-25(29)32-21)4-3-5-20(22)30/h6-14,23H,3-5H2,1-2H3. The number of thiazole rings is 1. The lowest BCUT2D eigenvalue weighted by atomic mass is 9.86. The Bertz CT molecular complexity index is 1410. The summed E-state index contributed by atoms with van der Waals surface area (Å²) >= 11 is 7.47. The molecule has 2 heterocycles. The van der Waals surface area contributed by atoms with Crippen LogP contribution in [0.15, 0.2) is 69.6 Å². The number of nitrogens with zero attached hydrogens (tertiary/aromatic N) is 3. The van der Waals surface area contributed by atoms with E-state index in [0.29, 0.717) is 26.4 Å². The molecule has 5 rings (SSSR count). The molecule has 1 aromatic heterocycles. The fourth-order valence-corrected chi connectivity index (χ4v) is 5.44. The summed E-state index contributed by atoms with van der Waals surface area (Å²) in [5, 5.41) is 0.617. The zero-order valence-electron chi connectivity index (χ0n) is 17.8. The second-order valence-corrected chi connectivity index (χ2v) is 9.70. The van der Waals surface area contributed by atoms with Gasteiger partial charge < -0.3 is 4.90 Å². The zero-order valence-corrected chi connectivity index (χ0v) is 19.4. The maximum atomic E-state index is 13.5. The summed E-state index contributed by atoms with van der Waals surface area (Å²) in [4.78, 5) is 33.9. The number of ketones is 1. The van der Waals surface area contributed by atoms with Crippen LogP contribution < -0.4 is 19.8 Å². The summed E-state index contributed by atoms with van der Waals surface area (Å²) in [7, 11) is 3.99. The van der Waals surface area contributed by atoms with E-state index < -0.39 is 6.04 Å². The Hall–Kier alpha value is -2.96. The van der Waals surface area contributed by atoms with Gasteiger partial charge in [0.05, 0.1) is 16.3 Å². The number of hydrogen-bond acceptors (Lipinski definition) is 5. The van der Waals surface area contributed by atoms with Gasteiger partial charge in [0.2, 0.25) is 0 Å². The number of aromatic nitrogens is 1. The Labute approximate surface area is 194 Å². The molecule has 7 heteroatoms. The summed E-state index contributed by atoms with van der Waals surface area (Å²) in [6.45, 7) is 0. The number of rotatable bonds is 3. The first-order valence-corrected chi connectivity index (χ1v) is 11.7. The van der Waals surface area contributed by atoms with Crippen molar-refractivity contribution < 1.29 is 4.79 Å². The van der Waals surface area contributed by atoms with Gasteiger partial charge in [-0.3, -0.25) is 14.2 Å². The first kappa shape index (κ1) is 20.9. The van der Waals surface area contributed by atoms with Crippen LogP contribution in [0.25, 0.3) is 6.08 Å². The Morgan fingerprint density at radius 3 is 2.47 bits per heavy atom. The highest BCUT2D eigenvalue weighted by Crippen LogP contribution is 2.36. The predicted octanol–water partition coefficient (Wildman–Crippen LogP) is 3.69. The number of benzene rings is 2. The summed E-state index contributed by atoms with van der Waals surface area (Å²) in [6.07, 6.45) is 3.93. The van der Waals surface area contributed by atoms with Crippen molar-refractivity contribution in [2.45, 2.75) is 25.3 Å². The predicted molar refractivity (Wildman–Crippen MR) is 129 cm³/mol. The van der Waals surface area contributed by atoms with Crippen LogP contribution >= 0.6 is 22.9 Å². The highest BCUT2D eigenvalue weighted by Gasteiger charge is 2.34. The second-order valence-electron chi connectivity index (χ2n) is 8.26. The Morgan fingerprint density at radius 1 is 1.06 bits per heavy atom. The summed E-state index contributed by atoms with van der Waals surface area (Å²) in [6, 6.07) is 15.0. The van der Waals surface area contributed by atoms with Gasteiger partial charge >= 0.3 is 0 Å². The Kier molecular flexibility index (Phi) is 5.35. The van der Waals surface area contributed by atoms with Gasteiger partial charge in [0.1, 0.15) is 0 Å². The van der Waals surface area contributed by atoms with Crippen molar-refractivity contribution in [3.05, 3.63) is 95.6 Å². The molecule has 0 bridgehead atoms. The van der Waals surface area contributed by atoms with Crippen LogP contribution in [0.2, 0.25) is 5.02 Å². The molecule has 5 nitrogen and oxygen atoms in total. The van der Waals surface area contributed by atoms with Crippen LogP contribution in [-0.4, -0.2) is 24.4 Å². The van der Waals surface area contributed by atoms with E-state index in [1.807, 2.05) is 61.5 Å². The van der Waals surface area contributed by atoms with Crippen molar-refractivity contribution >= 4 is 40.5 Å². The third-order valence-corrected chi connectivity index (χ3v) is 7.16. The molecular weight excluding hydrogens is 442 g/mol. The third-order valence-electron chi connectivity index (χ3n) is 5.92. The molecule has 3 aromatic rings. The van der Waals surface area contributed by atoms with Gasteiger partial charge in [-0.1, -0.05) is 47.2 Å². The summed E-state index contributed by atoms with van der Waals surface area (Å²) in [5.41, 5.74) is 4.24. The maximum Gasteiger partial charge on any atom is 0.271 e. The molecule has 1 aliphatic heterocycles. The average Bonchev–Trinajstić information content (AvgIpc) is 3.08. The lowest BCUT2D eigenvalue weighted by molar-refractivity contribution is -0.116. The number of allylic oxidation sites excluding steroid dienone is 2. The summed E-state index contributed by atoms with van der Waals surface area (Å²) < 4.78 is 2.28. The van der Waals surface area contributed by atoms with Crippen LogP contribution in [0.5, 0.6) is 0 Å². The minimum Gasteiger partial charge on any atom is -0.378 e. The van der Waals surface area contributed by atoms with Crippen LogP contribution in [-0.2, 0) is 4.79 Å². The lowest BCUT2D eigenvalue weighted by Crippen LogP contribution is -2.40. The Balaban J connectivity index is 1.69. The van der Waals surface area contributed by atoms with Gasteiger partial charge in [0.15, 0.2) is 10.6 Å². The molecule has 0 saturated heterocycles. The molecule has 0 spiro atoms. The van der Waals surface area contributed by atoms with Crippen LogP contribution in [0.4, 0.5) is 5.69 Å².